The number of benzene rings is 1. The number of aliphatic hydroxyl groups is 1. The number of rotatable bonds is 4. The Morgan fingerprint density at radius 2 is 2.00 bits per heavy atom. The van der Waals surface area contributed by atoms with Crippen LogP contribution in [0.5, 0.6) is 17.2 Å². The van der Waals surface area contributed by atoms with Crippen LogP contribution >= 0.6 is 0 Å². The van der Waals surface area contributed by atoms with E-state index in [1.54, 1.807) is 48.3 Å². The van der Waals surface area contributed by atoms with Gasteiger partial charge in [-0.1, -0.05) is 0 Å². The zero-order chi connectivity index (χ0) is 12.3. The van der Waals surface area contributed by atoms with Crippen molar-refractivity contribution in [2.75, 3.05) is 0 Å². The van der Waals surface area contributed by atoms with Crippen LogP contribution in [0.25, 0.3) is 0 Å². The van der Waals surface area contributed by atoms with Gasteiger partial charge in [0.2, 0.25) is 0 Å². The summed E-state index contributed by atoms with van der Waals surface area (Å²) in [7, 11) is 0. The van der Waals surface area contributed by atoms with E-state index in [1.165, 1.54) is 0 Å². The van der Waals surface area contributed by atoms with Crippen molar-refractivity contribution in [2.24, 2.45) is 0 Å². The largest absolute Gasteiger partial charge is 0.508 e. The smallest absolute Gasteiger partial charge is 0.165 e. The average molecular weight is 234 g/mol. The summed E-state index contributed by atoms with van der Waals surface area (Å²) in [4.78, 5) is 0. The van der Waals surface area contributed by atoms with Gasteiger partial charge in [-0.05, 0) is 31.2 Å². The van der Waals surface area contributed by atoms with Crippen LogP contribution in [0.15, 0.2) is 36.7 Å². The normalized spacial score (nSPS) is 12.4. The number of phenols is 1. The van der Waals surface area contributed by atoms with Crippen LogP contribution in [0.2, 0.25) is 0 Å². The second-order valence-electron chi connectivity index (χ2n) is 3.84. The Kier molecular flexibility index (Phi) is 3.30. The molecule has 2 aromatic rings. The van der Waals surface area contributed by atoms with Crippen LogP contribution in [-0.4, -0.2) is 26.1 Å². The zero-order valence-electron chi connectivity index (χ0n) is 9.45. The molecule has 0 bridgehead atoms. The molecule has 0 aliphatic carbocycles. The summed E-state index contributed by atoms with van der Waals surface area (Å²) in [6, 6.07) is 6.44. The standard InChI is InChI=1S/C12H14N2O3/c1-9(15)7-14-8-12(6-13-14)17-11-4-2-10(16)3-5-11/h2-6,8-9,15-16H,7H2,1H3. The van der Waals surface area contributed by atoms with Gasteiger partial charge in [0.15, 0.2) is 5.75 Å². The molecular formula is C12H14N2O3. The molecule has 5 heteroatoms. The fourth-order valence-corrected chi connectivity index (χ4v) is 1.42. The molecule has 0 amide bonds. The first-order valence-electron chi connectivity index (χ1n) is 5.31. The van der Waals surface area contributed by atoms with E-state index in [4.69, 9.17) is 9.84 Å². The second kappa shape index (κ2) is 4.88. The number of ether oxygens (including phenoxy) is 1. The molecule has 90 valence electrons. The monoisotopic (exact) mass is 234 g/mol. The lowest BCUT2D eigenvalue weighted by molar-refractivity contribution is 0.168. The first-order valence-corrected chi connectivity index (χ1v) is 5.31. The quantitative estimate of drug-likeness (QED) is 0.845. The van der Waals surface area contributed by atoms with Gasteiger partial charge in [0.05, 0.1) is 25.0 Å². The van der Waals surface area contributed by atoms with E-state index in [0.717, 1.165) is 0 Å². The van der Waals surface area contributed by atoms with Crippen molar-refractivity contribution in [2.45, 2.75) is 19.6 Å². The highest BCUT2D eigenvalue weighted by atomic mass is 16.5. The van der Waals surface area contributed by atoms with Crippen molar-refractivity contribution < 1.29 is 14.9 Å². The van der Waals surface area contributed by atoms with Crippen molar-refractivity contribution in [3.8, 4) is 17.2 Å². The Bertz CT molecular complexity index is 477. The fourth-order valence-electron chi connectivity index (χ4n) is 1.42. The lowest BCUT2D eigenvalue weighted by atomic mass is 10.3. The molecule has 2 N–H and O–H groups in total. The molecule has 1 aromatic carbocycles. The average Bonchev–Trinajstić information content (AvgIpc) is 2.68. The maximum Gasteiger partial charge on any atom is 0.165 e. The molecule has 5 nitrogen and oxygen atoms in total. The zero-order valence-corrected chi connectivity index (χ0v) is 9.45. The Morgan fingerprint density at radius 1 is 1.29 bits per heavy atom. The molecule has 0 radical (unpaired) electrons. The van der Waals surface area contributed by atoms with Gasteiger partial charge in [-0.2, -0.15) is 5.10 Å². The van der Waals surface area contributed by atoms with Crippen LogP contribution in [0, 0.1) is 0 Å². The van der Waals surface area contributed by atoms with E-state index in [9.17, 15) is 5.11 Å². The Labute approximate surface area is 98.9 Å². The molecule has 17 heavy (non-hydrogen) atoms. The number of nitrogens with zero attached hydrogens (tertiary/aromatic N) is 2. The minimum atomic E-state index is -0.448. The van der Waals surface area contributed by atoms with Crippen LogP contribution < -0.4 is 4.74 Å². The van der Waals surface area contributed by atoms with E-state index in [0.29, 0.717) is 18.0 Å². The SMILES string of the molecule is CC(O)Cn1cc(Oc2ccc(O)cc2)cn1. The van der Waals surface area contributed by atoms with Crippen LogP contribution in [0.4, 0.5) is 0 Å². The predicted molar refractivity (Wildman–Crippen MR) is 62.1 cm³/mol. The molecule has 1 unspecified atom stereocenters. The van der Waals surface area contributed by atoms with E-state index in [1.807, 2.05) is 0 Å². The van der Waals surface area contributed by atoms with Gasteiger partial charge in [0.25, 0.3) is 0 Å². The fraction of sp³-hybridized carbons (Fsp3) is 0.250. The summed E-state index contributed by atoms with van der Waals surface area (Å²) in [6.07, 6.45) is 2.84. The first kappa shape index (κ1) is 11.5. The highest BCUT2D eigenvalue weighted by Crippen LogP contribution is 2.22. The number of hydrogen-bond donors (Lipinski definition) is 2. The summed E-state index contributed by atoms with van der Waals surface area (Å²) in [5.74, 6) is 1.41. The van der Waals surface area contributed by atoms with E-state index < -0.39 is 6.10 Å². The Morgan fingerprint density at radius 3 is 2.65 bits per heavy atom. The van der Waals surface area contributed by atoms with E-state index in [2.05, 4.69) is 5.10 Å². The summed E-state index contributed by atoms with van der Waals surface area (Å²) < 4.78 is 7.13. The maximum absolute atomic E-state index is 9.21. The third-order valence-corrected chi connectivity index (χ3v) is 2.13. The van der Waals surface area contributed by atoms with Gasteiger partial charge >= 0.3 is 0 Å². The maximum atomic E-state index is 9.21. The minimum Gasteiger partial charge on any atom is -0.508 e. The lowest BCUT2D eigenvalue weighted by Gasteiger charge is -2.03. The van der Waals surface area contributed by atoms with E-state index >= 15 is 0 Å². The molecule has 0 aliphatic rings. The molecule has 0 saturated carbocycles. The first-order chi connectivity index (χ1) is 8.13. The molecule has 0 aliphatic heterocycles. The van der Waals surface area contributed by atoms with Crippen molar-refractivity contribution in [3.05, 3.63) is 36.7 Å². The van der Waals surface area contributed by atoms with Crippen LogP contribution in [0.3, 0.4) is 0 Å². The van der Waals surface area contributed by atoms with Gasteiger partial charge < -0.3 is 14.9 Å². The predicted octanol–water partition coefficient (Wildman–Crippen LogP) is 1.76. The van der Waals surface area contributed by atoms with Gasteiger partial charge in [0, 0.05) is 0 Å². The molecule has 0 saturated heterocycles. The topological polar surface area (TPSA) is 67.5 Å². The lowest BCUT2D eigenvalue weighted by Crippen LogP contribution is -2.11. The molecule has 0 fully saturated rings. The van der Waals surface area contributed by atoms with Crippen LogP contribution in [-0.2, 0) is 6.54 Å². The number of aliphatic hydroxyl groups excluding tert-OH is 1. The highest BCUT2D eigenvalue weighted by molar-refractivity contribution is 5.33. The summed E-state index contributed by atoms with van der Waals surface area (Å²) in [5, 5.41) is 22.4. The third-order valence-electron chi connectivity index (χ3n) is 2.13. The molecule has 0 spiro atoms. The summed E-state index contributed by atoms with van der Waals surface area (Å²) >= 11 is 0. The molecule has 1 aromatic heterocycles. The third kappa shape index (κ3) is 3.22. The van der Waals surface area contributed by atoms with Crippen molar-refractivity contribution in [1.29, 1.82) is 0 Å². The Balaban J connectivity index is 2.03. The van der Waals surface area contributed by atoms with Gasteiger partial charge in [-0.3, -0.25) is 4.68 Å². The number of hydrogen-bond acceptors (Lipinski definition) is 4. The second-order valence-corrected chi connectivity index (χ2v) is 3.84. The number of aromatic nitrogens is 2. The molecular weight excluding hydrogens is 220 g/mol. The van der Waals surface area contributed by atoms with Crippen molar-refractivity contribution in [3.63, 3.8) is 0 Å². The van der Waals surface area contributed by atoms with E-state index in [-0.39, 0.29) is 5.75 Å². The molecule has 1 atom stereocenters. The van der Waals surface area contributed by atoms with Gasteiger partial charge in [-0.15, -0.1) is 0 Å². The van der Waals surface area contributed by atoms with Gasteiger partial charge in [0.1, 0.15) is 11.5 Å². The highest BCUT2D eigenvalue weighted by Gasteiger charge is 2.03. The van der Waals surface area contributed by atoms with Crippen molar-refractivity contribution >= 4 is 0 Å². The summed E-state index contributed by atoms with van der Waals surface area (Å²) in [6.45, 7) is 2.13. The molecule has 1 heterocycles. The van der Waals surface area contributed by atoms with Crippen molar-refractivity contribution in [1.82, 2.24) is 9.78 Å². The Hall–Kier alpha value is -2.01. The van der Waals surface area contributed by atoms with Crippen LogP contribution in [0.1, 0.15) is 6.92 Å². The van der Waals surface area contributed by atoms with Gasteiger partial charge in [-0.25, -0.2) is 0 Å². The molecule has 2 rings (SSSR count). The minimum absolute atomic E-state index is 0.196. The summed E-state index contributed by atoms with van der Waals surface area (Å²) in [5.41, 5.74) is 0. The number of phenolic OH excluding ortho intramolecular Hbond substituents is 1. The number of aromatic hydroxyl groups is 1.